The number of nitrogens with zero attached hydrogens (tertiary/aromatic N) is 1. The molecule has 9 heteroatoms. The van der Waals surface area contributed by atoms with E-state index in [9.17, 15) is 17.6 Å². The van der Waals surface area contributed by atoms with Crippen molar-refractivity contribution in [3.63, 3.8) is 0 Å². The summed E-state index contributed by atoms with van der Waals surface area (Å²) in [7, 11) is 0. The molecule has 1 atom stereocenters. The molecule has 138 valence electrons. The first kappa shape index (κ1) is 23.0. The number of nitrogens with one attached hydrogen (secondary N) is 1. The molecule has 1 aromatic rings. The highest BCUT2D eigenvalue weighted by Gasteiger charge is 2.43. The molecule has 0 bridgehead atoms. The second-order valence-corrected chi connectivity index (χ2v) is 5.00. The van der Waals surface area contributed by atoms with E-state index in [-0.39, 0.29) is 36.6 Å². The molecule has 0 spiro atoms. The van der Waals surface area contributed by atoms with Gasteiger partial charge in [0.2, 0.25) is 0 Å². The average Bonchev–Trinajstić information content (AvgIpc) is 2.50. The van der Waals surface area contributed by atoms with Crippen molar-refractivity contribution in [1.29, 1.82) is 0 Å². The van der Waals surface area contributed by atoms with E-state index in [2.05, 4.69) is 21.5 Å². The Labute approximate surface area is 150 Å². The van der Waals surface area contributed by atoms with Crippen LogP contribution in [-0.2, 0) is 0 Å². The highest BCUT2D eigenvalue weighted by Crippen LogP contribution is 2.29. The molecule has 1 aromatic carbocycles. The lowest BCUT2D eigenvalue weighted by Crippen LogP contribution is -2.44. The maximum atomic E-state index is 12.8. The topological polar surface area (TPSA) is 24.5 Å². The largest absolute Gasteiger partial charge is 0.461 e. The van der Waals surface area contributed by atoms with Crippen LogP contribution >= 0.6 is 24.8 Å². The summed E-state index contributed by atoms with van der Waals surface area (Å²) in [6.45, 7) is 7.23. The Balaban J connectivity index is 0.00000264. The summed E-state index contributed by atoms with van der Waals surface area (Å²) >= 11 is 0. The maximum absolute atomic E-state index is 12.8. The molecule has 3 nitrogen and oxygen atoms in total. The van der Waals surface area contributed by atoms with Crippen molar-refractivity contribution in [1.82, 2.24) is 10.2 Å². The van der Waals surface area contributed by atoms with Crippen LogP contribution in [0, 0.1) is 0 Å². The third-order valence-corrected chi connectivity index (χ3v) is 3.50. The summed E-state index contributed by atoms with van der Waals surface area (Å²) in [6.07, 6.45) is -6.58. The van der Waals surface area contributed by atoms with Crippen molar-refractivity contribution in [2.45, 2.75) is 18.6 Å². The van der Waals surface area contributed by atoms with E-state index < -0.39 is 12.5 Å². The zero-order valence-electron chi connectivity index (χ0n) is 12.8. The van der Waals surface area contributed by atoms with Gasteiger partial charge in [0.15, 0.2) is 0 Å². The molecular weight excluding hydrogens is 371 g/mol. The van der Waals surface area contributed by atoms with Crippen molar-refractivity contribution in [2.75, 3.05) is 26.2 Å². The fourth-order valence-corrected chi connectivity index (χ4v) is 2.39. The fraction of sp³-hybridized carbons (Fsp3) is 0.467. The van der Waals surface area contributed by atoms with Crippen LogP contribution < -0.4 is 10.1 Å². The molecule has 0 saturated carbocycles. The van der Waals surface area contributed by atoms with E-state index in [0.717, 1.165) is 31.7 Å². The molecule has 0 unspecified atom stereocenters. The Bertz CT molecular complexity index is 497. The molecule has 2 rings (SSSR count). The highest BCUT2D eigenvalue weighted by atomic mass is 35.5. The Morgan fingerprint density at radius 1 is 1.12 bits per heavy atom. The second kappa shape index (κ2) is 10.1. The molecule has 0 amide bonds. The molecule has 1 fully saturated rings. The number of halogens is 6. The van der Waals surface area contributed by atoms with Crippen molar-refractivity contribution < 1.29 is 22.3 Å². The molecule has 0 radical (unpaired) electrons. The maximum Gasteiger partial charge on any atom is 0.461 e. The van der Waals surface area contributed by atoms with Crippen molar-refractivity contribution in [3.05, 3.63) is 42.5 Å². The van der Waals surface area contributed by atoms with Crippen molar-refractivity contribution in [2.24, 2.45) is 0 Å². The molecule has 1 aliphatic heterocycles. The number of hydrogen-bond donors (Lipinski definition) is 1. The number of rotatable bonds is 6. The second-order valence-electron chi connectivity index (χ2n) is 5.00. The van der Waals surface area contributed by atoms with E-state index in [1.165, 1.54) is 12.1 Å². The van der Waals surface area contributed by atoms with Gasteiger partial charge in [0.25, 0.3) is 0 Å². The van der Waals surface area contributed by atoms with Gasteiger partial charge in [-0.2, -0.15) is 17.6 Å². The molecule has 1 N–H and O–H groups in total. The molecule has 1 heterocycles. The fourth-order valence-electron chi connectivity index (χ4n) is 2.39. The summed E-state index contributed by atoms with van der Waals surface area (Å²) < 4.78 is 53.9. The summed E-state index contributed by atoms with van der Waals surface area (Å²) in [5, 5.41) is 3.24. The van der Waals surface area contributed by atoms with Gasteiger partial charge in [0, 0.05) is 26.2 Å². The first-order valence-corrected chi connectivity index (χ1v) is 6.96. The summed E-state index contributed by atoms with van der Waals surface area (Å²) in [4.78, 5) is 2.20. The predicted molar refractivity (Wildman–Crippen MR) is 89.9 cm³/mol. The Hall–Kier alpha value is -1.02. The van der Waals surface area contributed by atoms with E-state index in [0.29, 0.717) is 0 Å². The van der Waals surface area contributed by atoms with Crippen molar-refractivity contribution in [3.8, 4) is 5.75 Å². The van der Waals surface area contributed by atoms with E-state index >= 15 is 0 Å². The number of piperazine rings is 1. The number of ether oxygens (including phenoxy) is 1. The first-order chi connectivity index (χ1) is 10.4. The van der Waals surface area contributed by atoms with E-state index in [4.69, 9.17) is 0 Å². The van der Waals surface area contributed by atoms with Gasteiger partial charge in [0.05, 0.1) is 6.04 Å². The molecule has 1 saturated heterocycles. The van der Waals surface area contributed by atoms with Gasteiger partial charge in [-0.15, -0.1) is 31.4 Å². The Morgan fingerprint density at radius 3 is 2.12 bits per heavy atom. The predicted octanol–water partition coefficient (Wildman–Crippen LogP) is 3.90. The van der Waals surface area contributed by atoms with Gasteiger partial charge in [-0.1, -0.05) is 18.2 Å². The summed E-state index contributed by atoms with van der Waals surface area (Å²) in [5.74, 6) is -0.294. The SMILES string of the molecule is C=C[C@@H](c1ccc(OC(F)(F)C(F)F)cc1)N1CCNCC1.Cl.Cl. The molecular formula is C15H20Cl2F4N2O. The summed E-state index contributed by atoms with van der Waals surface area (Å²) in [5.41, 5.74) is 0.851. The summed E-state index contributed by atoms with van der Waals surface area (Å²) in [6, 6.07) is 5.66. The zero-order valence-corrected chi connectivity index (χ0v) is 14.4. The smallest absolute Gasteiger partial charge is 0.428 e. The third-order valence-electron chi connectivity index (χ3n) is 3.50. The quantitative estimate of drug-likeness (QED) is 0.588. The average molecular weight is 391 g/mol. The van der Waals surface area contributed by atoms with Gasteiger partial charge in [-0.3, -0.25) is 4.90 Å². The highest BCUT2D eigenvalue weighted by molar-refractivity contribution is 5.85. The minimum absolute atomic E-state index is 0. The van der Waals surface area contributed by atoms with Gasteiger partial charge in [-0.25, -0.2) is 0 Å². The standard InChI is InChI=1S/C15H18F4N2O.2ClH/c1-2-13(21-9-7-20-8-10-21)11-3-5-12(6-4-11)22-15(18,19)14(16)17;;/h2-6,13-14,20H,1,7-10H2;2*1H/t13-;;/m0../s1. The van der Waals surface area contributed by atoms with Gasteiger partial charge >= 0.3 is 12.5 Å². The zero-order chi connectivity index (χ0) is 16.2. The first-order valence-electron chi connectivity index (χ1n) is 6.96. The molecule has 0 aliphatic carbocycles. The Kier molecular flexibility index (Phi) is 9.65. The van der Waals surface area contributed by atoms with Crippen LogP contribution in [0.1, 0.15) is 11.6 Å². The van der Waals surface area contributed by atoms with Gasteiger partial charge in [0.1, 0.15) is 5.75 Å². The van der Waals surface area contributed by atoms with Crippen molar-refractivity contribution >= 4 is 24.8 Å². The van der Waals surface area contributed by atoms with Crippen LogP contribution in [0.15, 0.2) is 36.9 Å². The number of alkyl halides is 4. The van der Waals surface area contributed by atoms with Crippen LogP contribution in [0.25, 0.3) is 0 Å². The van der Waals surface area contributed by atoms with Crippen LogP contribution in [0.4, 0.5) is 17.6 Å². The monoisotopic (exact) mass is 390 g/mol. The molecule has 24 heavy (non-hydrogen) atoms. The van der Waals surface area contributed by atoms with E-state index in [1.54, 1.807) is 18.2 Å². The minimum Gasteiger partial charge on any atom is -0.428 e. The number of benzene rings is 1. The lowest BCUT2D eigenvalue weighted by atomic mass is 10.0. The van der Waals surface area contributed by atoms with Crippen LogP contribution in [-0.4, -0.2) is 43.6 Å². The Morgan fingerprint density at radius 2 is 1.67 bits per heavy atom. The molecule has 1 aliphatic rings. The lowest BCUT2D eigenvalue weighted by Gasteiger charge is -2.33. The van der Waals surface area contributed by atoms with E-state index in [1.807, 2.05) is 0 Å². The van der Waals surface area contributed by atoms with Crippen LogP contribution in [0.2, 0.25) is 0 Å². The van der Waals surface area contributed by atoms with Crippen LogP contribution in [0.3, 0.4) is 0 Å². The normalized spacial score (nSPS) is 16.7. The van der Waals surface area contributed by atoms with Gasteiger partial charge in [-0.05, 0) is 17.7 Å². The van der Waals surface area contributed by atoms with Gasteiger partial charge < -0.3 is 10.1 Å². The third kappa shape index (κ3) is 5.81. The van der Waals surface area contributed by atoms with Crippen LogP contribution in [0.5, 0.6) is 5.75 Å². The molecule has 0 aromatic heterocycles. The lowest BCUT2D eigenvalue weighted by molar-refractivity contribution is -0.253. The number of hydrogen-bond acceptors (Lipinski definition) is 3. The minimum atomic E-state index is -4.49.